The van der Waals surface area contributed by atoms with E-state index in [2.05, 4.69) is 76.0 Å². The second kappa shape index (κ2) is 13.0. The Morgan fingerprint density at radius 2 is 1.55 bits per heavy atom. The first-order valence-corrected chi connectivity index (χ1v) is 14.5. The van der Waals surface area contributed by atoms with Gasteiger partial charge in [0.25, 0.3) is 0 Å². The number of hydrogen-bond donors (Lipinski definition) is 0. The zero-order chi connectivity index (χ0) is 27.4. The Labute approximate surface area is 231 Å². The van der Waals surface area contributed by atoms with Crippen molar-refractivity contribution in [3.63, 3.8) is 0 Å². The number of methoxy groups -OCH3 is 2. The Hall–Kier alpha value is -1.86. The summed E-state index contributed by atoms with van der Waals surface area (Å²) < 4.78 is 11.7. The van der Waals surface area contributed by atoms with Crippen LogP contribution in [0, 0.1) is 12.8 Å². The number of rotatable bonds is 11. The molecule has 0 amide bonds. The molecule has 2 heterocycles. The maximum Gasteiger partial charge on any atom is 0.0617 e. The summed E-state index contributed by atoms with van der Waals surface area (Å²) in [5, 5.41) is 0. The van der Waals surface area contributed by atoms with Gasteiger partial charge < -0.3 is 19.3 Å². The molecule has 0 N–H and O–H groups in total. The molecule has 0 spiro atoms. The third kappa shape index (κ3) is 7.01. The Morgan fingerprint density at radius 1 is 0.842 bits per heavy atom. The van der Waals surface area contributed by atoms with E-state index in [0.717, 1.165) is 51.0 Å². The van der Waals surface area contributed by atoms with Crippen molar-refractivity contribution in [1.29, 1.82) is 0 Å². The maximum absolute atomic E-state index is 6.07. The molecule has 0 aromatic carbocycles. The average molecular weight is 523 g/mol. The van der Waals surface area contributed by atoms with Crippen LogP contribution in [0.2, 0.25) is 0 Å². The monoisotopic (exact) mass is 522 g/mol. The van der Waals surface area contributed by atoms with Crippen LogP contribution >= 0.6 is 0 Å². The lowest BCUT2D eigenvalue weighted by Gasteiger charge is -2.26. The fourth-order valence-corrected chi connectivity index (χ4v) is 6.75. The highest BCUT2D eigenvalue weighted by Crippen LogP contribution is 2.42. The summed E-state index contributed by atoms with van der Waals surface area (Å²) >= 11 is 0. The van der Waals surface area contributed by atoms with E-state index >= 15 is 0 Å². The van der Waals surface area contributed by atoms with Crippen molar-refractivity contribution in [1.82, 2.24) is 19.8 Å². The predicted octanol–water partition coefficient (Wildman–Crippen LogP) is 5.89. The Morgan fingerprint density at radius 3 is 2.21 bits per heavy atom. The molecule has 38 heavy (non-hydrogen) atoms. The Kier molecular flexibility index (Phi) is 9.96. The Bertz CT molecular complexity index is 1060. The van der Waals surface area contributed by atoms with E-state index in [1.54, 1.807) is 0 Å². The molecule has 2 aliphatic rings. The minimum absolute atomic E-state index is 0.265. The van der Waals surface area contributed by atoms with Gasteiger partial charge in [-0.05, 0) is 107 Å². The lowest BCUT2D eigenvalue weighted by Crippen LogP contribution is -2.31. The number of nitrogens with zero attached hydrogens (tertiary/aromatic N) is 4. The zero-order valence-electron chi connectivity index (χ0n) is 25.0. The molecule has 0 radical (unpaired) electrons. The summed E-state index contributed by atoms with van der Waals surface area (Å²) in [6.45, 7) is 9.31. The summed E-state index contributed by atoms with van der Waals surface area (Å²) in [4.78, 5) is 14.8. The molecule has 2 saturated carbocycles. The first-order chi connectivity index (χ1) is 18.2. The number of ether oxygens (including phenoxy) is 2. The highest BCUT2D eigenvalue weighted by atomic mass is 16.5. The van der Waals surface area contributed by atoms with Gasteiger partial charge >= 0.3 is 0 Å². The van der Waals surface area contributed by atoms with E-state index in [-0.39, 0.29) is 6.10 Å². The highest BCUT2D eigenvalue weighted by molar-refractivity contribution is 5.30. The molecule has 5 atom stereocenters. The van der Waals surface area contributed by atoms with Gasteiger partial charge in [0.2, 0.25) is 0 Å². The van der Waals surface area contributed by atoms with Crippen LogP contribution in [0.4, 0.5) is 0 Å². The SMILES string of the molecule is COC1CCC(c2ccc(C)nc2CN(C)CC2C[C@H](c3ccc(C(C)C)nc3CN(C)C)C[C@H]2OC)C1. The lowest BCUT2D eigenvalue weighted by molar-refractivity contribution is 0.0566. The summed E-state index contributed by atoms with van der Waals surface area (Å²) in [6, 6.07) is 9.08. The van der Waals surface area contributed by atoms with Gasteiger partial charge in [-0.15, -0.1) is 0 Å². The maximum atomic E-state index is 6.07. The van der Waals surface area contributed by atoms with Crippen LogP contribution in [0.5, 0.6) is 0 Å². The van der Waals surface area contributed by atoms with Crippen molar-refractivity contribution >= 4 is 0 Å². The average Bonchev–Trinajstić information content (AvgIpc) is 3.50. The van der Waals surface area contributed by atoms with E-state index in [9.17, 15) is 0 Å². The standard InChI is InChI=1S/C32H50N4O2/c1-21(2)29-14-13-28(30(34-29)19-35(4)5)24-15-25(32(17-24)38-8)18-36(6)20-31-27(12-9-22(3)33-31)23-10-11-26(16-23)37-7/h9,12-14,21,23-26,32H,10-11,15-20H2,1-8H3/t23?,24-,25?,26?,32+/m0/s1. The Balaban J connectivity index is 1.47. The number of hydrogen-bond acceptors (Lipinski definition) is 6. The van der Waals surface area contributed by atoms with Crippen LogP contribution < -0.4 is 0 Å². The second-order valence-electron chi connectivity index (χ2n) is 12.4. The first kappa shape index (κ1) is 29.1. The van der Waals surface area contributed by atoms with E-state index in [4.69, 9.17) is 19.4 Å². The molecule has 6 nitrogen and oxygen atoms in total. The van der Waals surface area contributed by atoms with E-state index in [1.165, 1.54) is 34.6 Å². The van der Waals surface area contributed by atoms with E-state index in [0.29, 0.717) is 29.8 Å². The van der Waals surface area contributed by atoms with Crippen LogP contribution in [0.3, 0.4) is 0 Å². The summed E-state index contributed by atoms with van der Waals surface area (Å²) in [5.74, 6) is 1.96. The van der Waals surface area contributed by atoms with Gasteiger partial charge in [0, 0.05) is 45.2 Å². The van der Waals surface area contributed by atoms with Crippen molar-refractivity contribution in [3.8, 4) is 0 Å². The van der Waals surface area contributed by atoms with Gasteiger partial charge in [0.05, 0.1) is 23.6 Å². The molecule has 0 saturated heterocycles. The number of aromatic nitrogens is 2. The topological polar surface area (TPSA) is 50.7 Å². The van der Waals surface area contributed by atoms with Crippen LogP contribution in [0.25, 0.3) is 0 Å². The molecule has 3 unspecified atom stereocenters. The minimum atomic E-state index is 0.265. The number of aryl methyl sites for hydroxylation is 1. The van der Waals surface area contributed by atoms with Gasteiger partial charge in [0.1, 0.15) is 0 Å². The van der Waals surface area contributed by atoms with E-state index < -0.39 is 0 Å². The largest absolute Gasteiger partial charge is 0.381 e. The molecule has 2 fully saturated rings. The molecule has 0 bridgehead atoms. The molecule has 2 aromatic rings. The third-order valence-corrected chi connectivity index (χ3v) is 8.73. The zero-order valence-corrected chi connectivity index (χ0v) is 25.0. The molecule has 210 valence electrons. The van der Waals surface area contributed by atoms with Gasteiger partial charge in [-0.2, -0.15) is 0 Å². The van der Waals surface area contributed by atoms with Crippen molar-refractivity contribution in [2.45, 2.75) is 95.9 Å². The van der Waals surface area contributed by atoms with Crippen LogP contribution in [0.15, 0.2) is 24.3 Å². The first-order valence-electron chi connectivity index (χ1n) is 14.5. The van der Waals surface area contributed by atoms with Gasteiger partial charge in [-0.3, -0.25) is 9.97 Å². The minimum Gasteiger partial charge on any atom is -0.381 e. The van der Waals surface area contributed by atoms with Crippen LogP contribution in [-0.4, -0.2) is 73.9 Å². The molecule has 6 heteroatoms. The third-order valence-electron chi connectivity index (χ3n) is 8.73. The van der Waals surface area contributed by atoms with E-state index in [1.807, 2.05) is 14.2 Å². The summed E-state index contributed by atoms with van der Waals surface area (Å²) in [6.07, 6.45) is 6.28. The summed E-state index contributed by atoms with van der Waals surface area (Å²) in [5.41, 5.74) is 7.57. The van der Waals surface area contributed by atoms with Gasteiger partial charge in [-0.1, -0.05) is 26.0 Å². The van der Waals surface area contributed by atoms with Crippen molar-refractivity contribution in [3.05, 3.63) is 58.2 Å². The van der Waals surface area contributed by atoms with Crippen molar-refractivity contribution < 1.29 is 9.47 Å². The second-order valence-corrected chi connectivity index (χ2v) is 12.4. The molecular weight excluding hydrogens is 472 g/mol. The quantitative estimate of drug-likeness (QED) is 0.367. The summed E-state index contributed by atoms with van der Waals surface area (Å²) in [7, 11) is 10.2. The smallest absolute Gasteiger partial charge is 0.0617 e. The van der Waals surface area contributed by atoms with Gasteiger partial charge in [0.15, 0.2) is 0 Å². The molecule has 2 aromatic heterocycles. The van der Waals surface area contributed by atoms with Crippen LogP contribution in [-0.2, 0) is 22.6 Å². The van der Waals surface area contributed by atoms with Crippen LogP contribution in [0.1, 0.15) is 97.6 Å². The number of pyridine rings is 2. The molecule has 0 aliphatic heterocycles. The normalized spacial score (nSPS) is 25.8. The predicted molar refractivity (Wildman–Crippen MR) is 155 cm³/mol. The van der Waals surface area contributed by atoms with Crippen molar-refractivity contribution in [2.24, 2.45) is 5.92 Å². The molecular formula is C32H50N4O2. The highest BCUT2D eigenvalue weighted by Gasteiger charge is 2.37. The fourth-order valence-electron chi connectivity index (χ4n) is 6.75. The fraction of sp³-hybridized carbons (Fsp3) is 0.688. The lowest BCUT2D eigenvalue weighted by atomic mass is 9.93. The van der Waals surface area contributed by atoms with Crippen molar-refractivity contribution in [2.75, 3.05) is 41.9 Å². The van der Waals surface area contributed by atoms with Gasteiger partial charge in [-0.25, -0.2) is 0 Å². The molecule has 4 rings (SSSR count). The molecule has 2 aliphatic carbocycles.